The van der Waals surface area contributed by atoms with Crippen molar-refractivity contribution in [3.05, 3.63) is 29.8 Å². The van der Waals surface area contributed by atoms with E-state index < -0.39 is 0 Å². The second-order valence-electron chi connectivity index (χ2n) is 4.04. The van der Waals surface area contributed by atoms with Gasteiger partial charge in [-0.3, -0.25) is 0 Å². The van der Waals surface area contributed by atoms with Crippen molar-refractivity contribution in [3.63, 3.8) is 0 Å². The molecular formula is C12H17NO. The molecule has 1 aliphatic carbocycles. The molecule has 0 atom stereocenters. The summed E-state index contributed by atoms with van der Waals surface area (Å²) in [4.78, 5) is 0. The molecule has 2 heteroatoms. The van der Waals surface area contributed by atoms with Crippen LogP contribution in [0.5, 0.6) is 5.75 Å². The van der Waals surface area contributed by atoms with Crippen molar-refractivity contribution < 1.29 is 4.74 Å². The zero-order valence-corrected chi connectivity index (χ0v) is 8.84. The molecule has 0 heterocycles. The Morgan fingerprint density at radius 3 is 2.36 bits per heavy atom. The van der Waals surface area contributed by atoms with Crippen LogP contribution in [0.2, 0.25) is 0 Å². The van der Waals surface area contributed by atoms with E-state index in [0.29, 0.717) is 5.41 Å². The van der Waals surface area contributed by atoms with E-state index in [4.69, 9.17) is 4.74 Å². The van der Waals surface area contributed by atoms with Crippen molar-refractivity contribution in [2.75, 3.05) is 20.7 Å². The van der Waals surface area contributed by atoms with Crippen LogP contribution in [0, 0.1) is 0 Å². The summed E-state index contributed by atoms with van der Waals surface area (Å²) in [6.07, 6.45) is 2.61. The molecule has 0 saturated heterocycles. The predicted octanol–water partition coefficient (Wildman–Crippen LogP) is 1.95. The Bertz CT molecular complexity index is 301. The third-order valence-corrected chi connectivity index (χ3v) is 3.07. The third-order valence-electron chi connectivity index (χ3n) is 3.07. The molecule has 1 aliphatic rings. The maximum Gasteiger partial charge on any atom is 0.118 e. The number of rotatable bonds is 4. The highest BCUT2D eigenvalue weighted by molar-refractivity contribution is 5.36. The molecule has 2 nitrogen and oxygen atoms in total. The number of likely N-dealkylation sites (N-methyl/N-ethyl adjacent to an activating group) is 1. The van der Waals surface area contributed by atoms with Gasteiger partial charge in [0.2, 0.25) is 0 Å². The van der Waals surface area contributed by atoms with E-state index in [1.807, 2.05) is 19.2 Å². The average molecular weight is 191 g/mol. The molecule has 0 spiro atoms. The molecule has 0 aromatic heterocycles. The van der Waals surface area contributed by atoms with Gasteiger partial charge in [0, 0.05) is 12.0 Å². The summed E-state index contributed by atoms with van der Waals surface area (Å²) >= 11 is 0. The van der Waals surface area contributed by atoms with E-state index in [0.717, 1.165) is 12.3 Å². The minimum atomic E-state index is 0.418. The molecule has 0 aliphatic heterocycles. The Morgan fingerprint density at radius 1 is 1.29 bits per heavy atom. The summed E-state index contributed by atoms with van der Waals surface area (Å²) in [6, 6.07) is 8.46. The quantitative estimate of drug-likeness (QED) is 0.785. The summed E-state index contributed by atoms with van der Waals surface area (Å²) in [6.45, 7) is 1.08. The summed E-state index contributed by atoms with van der Waals surface area (Å²) in [5, 5.41) is 3.27. The van der Waals surface area contributed by atoms with Gasteiger partial charge in [-0.15, -0.1) is 0 Å². The number of hydrogen-bond donors (Lipinski definition) is 1. The van der Waals surface area contributed by atoms with Gasteiger partial charge in [0.15, 0.2) is 0 Å². The molecule has 76 valence electrons. The number of hydrogen-bond acceptors (Lipinski definition) is 2. The lowest BCUT2D eigenvalue weighted by Crippen LogP contribution is -2.23. The topological polar surface area (TPSA) is 21.3 Å². The Hall–Kier alpha value is -1.02. The van der Waals surface area contributed by atoms with Crippen molar-refractivity contribution in [3.8, 4) is 5.75 Å². The number of methoxy groups -OCH3 is 1. The van der Waals surface area contributed by atoms with Crippen molar-refractivity contribution in [1.82, 2.24) is 5.32 Å². The average Bonchev–Trinajstić information content (AvgIpc) is 3.00. The fraction of sp³-hybridized carbons (Fsp3) is 0.500. The third kappa shape index (κ3) is 1.62. The van der Waals surface area contributed by atoms with E-state index in [-0.39, 0.29) is 0 Å². The van der Waals surface area contributed by atoms with E-state index in [1.54, 1.807) is 7.11 Å². The van der Waals surface area contributed by atoms with Crippen LogP contribution in [0.15, 0.2) is 24.3 Å². The van der Waals surface area contributed by atoms with Crippen LogP contribution in [0.3, 0.4) is 0 Å². The first kappa shape index (κ1) is 9.53. The van der Waals surface area contributed by atoms with Gasteiger partial charge in [0.1, 0.15) is 5.75 Å². The lowest BCUT2D eigenvalue weighted by Gasteiger charge is -2.15. The van der Waals surface area contributed by atoms with E-state index in [1.165, 1.54) is 18.4 Å². The normalized spacial score (nSPS) is 17.9. The smallest absolute Gasteiger partial charge is 0.118 e. The SMILES string of the molecule is CNCC1(c2ccc(OC)cc2)CC1. The van der Waals surface area contributed by atoms with Gasteiger partial charge in [-0.05, 0) is 37.6 Å². The fourth-order valence-corrected chi connectivity index (χ4v) is 2.00. The molecule has 0 amide bonds. The summed E-state index contributed by atoms with van der Waals surface area (Å²) in [5.41, 5.74) is 1.86. The van der Waals surface area contributed by atoms with Gasteiger partial charge >= 0.3 is 0 Å². The second kappa shape index (κ2) is 3.62. The van der Waals surface area contributed by atoms with Crippen molar-refractivity contribution in [2.24, 2.45) is 0 Å². The lowest BCUT2D eigenvalue weighted by molar-refractivity contribution is 0.414. The number of nitrogens with one attached hydrogen (secondary N) is 1. The predicted molar refractivity (Wildman–Crippen MR) is 57.8 cm³/mol. The fourth-order valence-electron chi connectivity index (χ4n) is 2.00. The summed E-state index contributed by atoms with van der Waals surface area (Å²) in [5.74, 6) is 0.939. The molecule has 1 aromatic carbocycles. The summed E-state index contributed by atoms with van der Waals surface area (Å²) in [7, 11) is 3.72. The van der Waals surface area contributed by atoms with Crippen LogP contribution in [-0.4, -0.2) is 20.7 Å². The minimum Gasteiger partial charge on any atom is -0.497 e. The summed E-state index contributed by atoms with van der Waals surface area (Å²) < 4.78 is 5.15. The first-order chi connectivity index (χ1) is 6.80. The van der Waals surface area contributed by atoms with E-state index in [9.17, 15) is 0 Å². The van der Waals surface area contributed by atoms with Crippen molar-refractivity contribution >= 4 is 0 Å². The highest BCUT2D eigenvalue weighted by atomic mass is 16.5. The van der Waals surface area contributed by atoms with Gasteiger partial charge in [-0.25, -0.2) is 0 Å². The molecule has 1 aromatic rings. The second-order valence-corrected chi connectivity index (χ2v) is 4.04. The van der Waals surface area contributed by atoms with Crippen molar-refractivity contribution in [2.45, 2.75) is 18.3 Å². The Kier molecular flexibility index (Phi) is 2.46. The van der Waals surface area contributed by atoms with E-state index in [2.05, 4.69) is 17.4 Å². The maximum absolute atomic E-state index is 5.15. The molecule has 0 unspecified atom stereocenters. The minimum absolute atomic E-state index is 0.418. The van der Waals surface area contributed by atoms with Crippen molar-refractivity contribution in [1.29, 1.82) is 0 Å². The first-order valence-electron chi connectivity index (χ1n) is 5.10. The molecule has 0 bridgehead atoms. The molecule has 2 rings (SSSR count). The molecule has 1 N–H and O–H groups in total. The Balaban J connectivity index is 2.16. The molecule has 1 saturated carbocycles. The molecule has 1 fully saturated rings. The van der Waals surface area contributed by atoms with Crippen LogP contribution in [0.25, 0.3) is 0 Å². The Labute approximate surface area is 85.3 Å². The van der Waals surface area contributed by atoms with Gasteiger partial charge in [0.25, 0.3) is 0 Å². The molecular weight excluding hydrogens is 174 g/mol. The maximum atomic E-state index is 5.15. The van der Waals surface area contributed by atoms with Crippen LogP contribution < -0.4 is 10.1 Å². The number of benzene rings is 1. The Morgan fingerprint density at radius 2 is 1.93 bits per heavy atom. The van der Waals surface area contributed by atoms with Crippen LogP contribution >= 0.6 is 0 Å². The lowest BCUT2D eigenvalue weighted by atomic mass is 9.96. The molecule has 14 heavy (non-hydrogen) atoms. The largest absolute Gasteiger partial charge is 0.497 e. The number of ether oxygens (including phenoxy) is 1. The zero-order valence-electron chi connectivity index (χ0n) is 8.84. The first-order valence-corrected chi connectivity index (χ1v) is 5.10. The highest BCUT2D eigenvalue weighted by Crippen LogP contribution is 2.47. The zero-order chi connectivity index (χ0) is 10.0. The van der Waals surface area contributed by atoms with Gasteiger partial charge in [-0.2, -0.15) is 0 Å². The van der Waals surface area contributed by atoms with Crippen LogP contribution in [-0.2, 0) is 5.41 Å². The highest BCUT2D eigenvalue weighted by Gasteiger charge is 2.43. The monoisotopic (exact) mass is 191 g/mol. The van der Waals surface area contributed by atoms with Gasteiger partial charge in [0.05, 0.1) is 7.11 Å². The van der Waals surface area contributed by atoms with Crippen LogP contribution in [0.1, 0.15) is 18.4 Å². The van der Waals surface area contributed by atoms with Crippen LogP contribution in [0.4, 0.5) is 0 Å². The van der Waals surface area contributed by atoms with E-state index >= 15 is 0 Å². The van der Waals surface area contributed by atoms with Gasteiger partial charge in [-0.1, -0.05) is 12.1 Å². The standard InChI is InChI=1S/C12H17NO/c1-13-9-12(7-8-12)10-3-5-11(14-2)6-4-10/h3-6,13H,7-9H2,1-2H3. The van der Waals surface area contributed by atoms with Gasteiger partial charge < -0.3 is 10.1 Å². The molecule has 0 radical (unpaired) electrons.